The van der Waals surface area contributed by atoms with Gasteiger partial charge in [0.05, 0.1) is 0 Å². The van der Waals surface area contributed by atoms with Gasteiger partial charge in [0.1, 0.15) is 0 Å². The summed E-state index contributed by atoms with van der Waals surface area (Å²) in [7, 11) is 0. The Morgan fingerprint density at radius 1 is 0.706 bits per heavy atom. The summed E-state index contributed by atoms with van der Waals surface area (Å²) in [5.74, 6) is 0. The molecule has 0 nitrogen and oxygen atoms in total. The summed E-state index contributed by atoms with van der Waals surface area (Å²) in [6, 6.07) is 0. The molecular formula is C16H22Fe. The summed E-state index contributed by atoms with van der Waals surface area (Å²) >= 11 is 0. The topological polar surface area (TPSA) is 0 Å². The van der Waals surface area contributed by atoms with E-state index in [1.807, 2.05) is 0 Å². The van der Waals surface area contributed by atoms with E-state index >= 15 is 0 Å². The minimum absolute atomic E-state index is 1.13. The second-order valence-electron chi connectivity index (χ2n) is 11.3. The fourth-order valence-electron chi connectivity index (χ4n) is 21.6. The van der Waals surface area contributed by atoms with E-state index in [0.29, 0.717) is 0 Å². The van der Waals surface area contributed by atoms with Gasteiger partial charge in [-0.25, -0.2) is 0 Å². The van der Waals surface area contributed by atoms with Gasteiger partial charge >= 0.3 is 93.2 Å². The van der Waals surface area contributed by atoms with Crippen molar-refractivity contribution in [1.29, 1.82) is 0 Å². The van der Waals surface area contributed by atoms with Crippen molar-refractivity contribution in [3.63, 3.8) is 0 Å². The molecule has 10 heterocycles. The summed E-state index contributed by atoms with van der Waals surface area (Å²) in [6.07, 6.45) is 4.98. The van der Waals surface area contributed by atoms with Crippen LogP contribution in [0.5, 0.6) is 0 Å². The molecule has 10 rings (SSSR count). The second-order valence-corrected chi connectivity index (χ2v) is 34.5. The molecule has 10 aliphatic rings. The van der Waals surface area contributed by atoms with Crippen molar-refractivity contribution in [2.75, 3.05) is 0 Å². The Kier molecular flexibility index (Phi) is 0.208. The molecule has 0 amide bonds. The van der Waals surface area contributed by atoms with Crippen LogP contribution in [0.3, 0.4) is 0 Å². The van der Waals surface area contributed by atoms with Gasteiger partial charge in [-0.3, -0.25) is 0 Å². The van der Waals surface area contributed by atoms with E-state index < -0.39 is 6.51 Å². The maximum atomic E-state index is 2.64. The van der Waals surface area contributed by atoms with E-state index in [0.717, 1.165) is 12.9 Å². The minimum atomic E-state index is -2.94. The van der Waals surface area contributed by atoms with Crippen LogP contribution < -0.4 is 0 Å². The van der Waals surface area contributed by atoms with Gasteiger partial charge < -0.3 is 0 Å². The van der Waals surface area contributed by atoms with E-state index in [1.54, 1.807) is 19.3 Å². The van der Waals surface area contributed by atoms with Crippen molar-refractivity contribution < 1.29 is 6.51 Å². The Morgan fingerprint density at radius 3 is 1.29 bits per heavy atom. The molecule has 4 unspecified atom stereocenters. The zero-order valence-electron chi connectivity index (χ0n) is 11.0. The van der Waals surface area contributed by atoms with Gasteiger partial charge in [-0.1, -0.05) is 0 Å². The Morgan fingerprint density at radius 2 is 1.12 bits per heavy atom. The average molecular weight is 270 g/mol. The molecule has 4 atom stereocenters. The van der Waals surface area contributed by atoms with Gasteiger partial charge in [-0.2, -0.15) is 0 Å². The van der Waals surface area contributed by atoms with Crippen LogP contribution in [0, 0.1) is 0 Å². The van der Waals surface area contributed by atoms with Crippen molar-refractivity contribution in [1.82, 2.24) is 0 Å². The molecule has 10 aliphatic heterocycles. The molecule has 0 aromatic heterocycles. The number of hydrogen-bond donors (Lipinski definition) is 0. The van der Waals surface area contributed by atoms with E-state index in [1.165, 1.54) is 33.7 Å². The maximum absolute atomic E-state index is 2.94. The van der Waals surface area contributed by atoms with Crippen LogP contribution in [0.25, 0.3) is 0 Å². The van der Waals surface area contributed by atoms with Gasteiger partial charge in [0.25, 0.3) is 0 Å². The van der Waals surface area contributed by atoms with Gasteiger partial charge in [0, 0.05) is 0 Å². The number of fused-ring (bicyclic) bond motifs is 10. The third-order valence-electron chi connectivity index (χ3n) is 17.5. The van der Waals surface area contributed by atoms with Crippen molar-refractivity contribution in [2.24, 2.45) is 0 Å². The molecule has 17 heavy (non-hydrogen) atoms. The van der Waals surface area contributed by atoms with Crippen molar-refractivity contribution in [3.05, 3.63) is 0 Å². The second kappa shape index (κ2) is 0.519. The fraction of sp³-hybridized carbons (Fsp3) is 1.00. The zero-order chi connectivity index (χ0) is 11.0. The summed E-state index contributed by atoms with van der Waals surface area (Å²) < 4.78 is 3.42. The van der Waals surface area contributed by atoms with Crippen LogP contribution in [0.4, 0.5) is 0 Å². The third kappa shape index (κ3) is 0.0555. The molecule has 1 heteroatoms. The van der Waals surface area contributed by atoms with Gasteiger partial charge in [0.15, 0.2) is 0 Å². The Balaban J connectivity index is 1.79. The first-order valence-corrected chi connectivity index (χ1v) is 14.3. The molecule has 0 aliphatic carbocycles. The Labute approximate surface area is 93.2 Å². The normalized spacial score (nSPS) is 128. The van der Waals surface area contributed by atoms with Gasteiger partial charge in [-0.05, 0) is 0 Å². The van der Waals surface area contributed by atoms with Crippen molar-refractivity contribution in [3.8, 4) is 0 Å². The first-order valence-electron chi connectivity index (χ1n) is 8.22. The molecule has 10 saturated heterocycles. The van der Waals surface area contributed by atoms with E-state index in [4.69, 9.17) is 0 Å². The summed E-state index contributed by atoms with van der Waals surface area (Å²) in [5, 5.41) is 0. The molecule has 10 fully saturated rings. The molecule has 94 valence electrons. The first kappa shape index (κ1) is 6.80. The van der Waals surface area contributed by atoms with E-state index in [-0.39, 0.29) is 0 Å². The fourth-order valence-corrected chi connectivity index (χ4v) is 104. The van der Waals surface area contributed by atoms with Crippen molar-refractivity contribution >= 4 is 0 Å². The molecule has 0 radical (unpaired) electrons. The van der Waals surface area contributed by atoms with E-state index in [2.05, 4.69) is 20.8 Å². The monoisotopic (exact) mass is 270 g/mol. The molecule has 0 bridgehead atoms. The summed E-state index contributed by atoms with van der Waals surface area (Å²) in [5.41, 5.74) is 0. The van der Waals surface area contributed by atoms with Crippen LogP contribution in [-0.2, 0) is 6.51 Å². The molecule has 0 aromatic carbocycles. The number of hydrogen-bond acceptors (Lipinski definition) is 0. The zero-order valence-corrected chi connectivity index (χ0v) is 12.1. The van der Waals surface area contributed by atoms with Gasteiger partial charge in [-0.15, -0.1) is 0 Å². The molecule has 0 saturated carbocycles. The van der Waals surface area contributed by atoms with Crippen LogP contribution in [0.15, 0.2) is 0 Å². The standard InChI is InChI=1S/C11H17.C5H5.Fe/c1-4-9-7-8-10(5-2)11(9)6-3;1-2-4-5-3-1;/h7-8H,4-6H2,1-3H3;1-5H;. The van der Waals surface area contributed by atoms with E-state index in [9.17, 15) is 0 Å². The predicted octanol–water partition coefficient (Wildman–Crippen LogP) is 5.72. The Hall–Kier alpha value is 0.519. The van der Waals surface area contributed by atoms with Crippen LogP contribution >= 0.6 is 0 Å². The predicted molar refractivity (Wildman–Crippen MR) is 65.2 cm³/mol. The van der Waals surface area contributed by atoms with Crippen LogP contribution in [0.2, 0.25) is 46.7 Å². The third-order valence-corrected chi connectivity index (χ3v) is 63.1. The first-order chi connectivity index (χ1) is 8.01. The molecule has 0 N–H and O–H groups in total. The summed E-state index contributed by atoms with van der Waals surface area (Å²) in [6.45, 7) is 4.95. The molecule has 1 spiro atoms. The van der Waals surface area contributed by atoms with Gasteiger partial charge in [0.2, 0.25) is 0 Å². The van der Waals surface area contributed by atoms with Crippen molar-refractivity contribution in [2.45, 2.75) is 86.7 Å². The van der Waals surface area contributed by atoms with Crippen LogP contribution in [-0.4, -0.2) is 0 Å². The number of rotatable bonds is 3. The van der Waals surface area contributed by atoms with Crippen LogP contribution in [0.1, 0.15) is 40.0 Å². The molecular weight excluding hydrogens is 248 g/mol. The quantitative estimate of drug-likeness (QED) is 0.575. The average Bonchev–Trinajstić information content (AvgIpc) is 3.30. The molecule has 0 aromatic rings. The summed E-state index contributed by atoms with van der Waals surface area (Å²) in [4.78, 5) is 10.5. The SMILES string of the molecule is CC[C]12[CH]3[CH]4[C]5(CC)[C]1(CC)[Fe]34251678[CH]2[CH]1[CH]6[CH]7[CH]28. The Bertz CT molecular complexity index is 934.